The molecule has 2 heteroatoms. The van der Waals surface area contributed by atoms with Gasteiger partial charge in [0.1, 0.15) is 5.75 Å². The van der Waals surface area contributed by atoms with E-state index < -0.39 is 0 Å². The molecule has 0 aliphatic heterocycles. The number of aromatic hydroxyl groups is 1. The zero-order valence-corrected chi connectivity index (χ0v) is 11.5. The van der Waals surface area contributed by atoms with Gasteiger partial charge in [-0.1, -0.05) is 63.6 Å². The highest BCUT2D eigenvalue weighted by Crippen LogP contribution is 2.16. The summed E-state index contributed by atoms with van der Waals surface area (Å²) in [5.41, 5.74) is 0.875. The van der Waals surface area contributed by atoms with Gasteiger partial charge in [-0.15, -0.1) is 0 Å². The molecule has 0 saturated carbocycles. The smallest absolute Gasteiger partial charge is 0.121 e. The average Bonchev–Trinajstić information content (AvgIpc) is 2.39. The van der Waals surface area contributed by atoms with Crippen molar-refractivity contribution < 1.29 is 9.84 Å². The third-order valence-corrected chi connectivity index (χ3v) is 3.14. The number of phenolic OH excluding ortho intramolecular Hbond substituents is 1. The van der Waals surface area contributed by atoms with Crippen molar-refractivity contribution >= 4 is 0 Å². The first-order valence-electron chi connectivity index (χ1n) is 7.19. The van der Waals surface area contributed by atoms with Crippen molar-refractivity contribution in [1.82, 2.24) is 0 Å². The maximum atomic E-state index is 9.55. The van der Waals surface area contributed by atoms with Gasteiger partial charge < -0.3 is 9.84 Å². The predicted molar refractivity (Wildman–Crippen MR) is 75.8 cm³/mol. The summed E-state index contributed by atoms with van der Waals surface area (Å²) in [4.78, 5) is 0. The summed E-state index contributed by atoms with van der Waals surface area (Å²) in [7, 11) is 0. The fourth-order valence-corrected chi connectivity index (χ4v) is 1.98. The number of para-hydroxylation sites is 1. The van der Waals surface area contributed by atoms with Crippen LogP contribution in [-0.2, 0) is 11.3 Å². The number of hydrogen-bond acceptors (Lipinski definition) is 2. The van der Waals surface area contributed by atoms with E-state index in [0.29, 0.717) is 12.4 Å². The van der Waals surface area contributed by atoms with E-state index in [1.54, 1.807) is 6.07 Å². The Hall–Kier alpha value is -1.02. The molecule has 0 atom stereocenters. The second kappa shape index (κ2) is 9.95. The minimum absolute atomic E-state index is 0.331. The van der Waals surface area contributed by atoms with E-state index in [0.717, 1.165) is 18.6 Å². The molecule has 1 N–H and O–H groups in total. The first-order valence-corrected chi connectivity index (χ1v) is 7.19. The molecule has 0 bridgehead atoms. The number of unbranched alkanes of at least 4 members (excludes halogenated alkanes) is 6. The molecule has 0 heterocycles. The van der Waals surface area contributed by atoms with Gasteiger partial charge in [0.15, 0.2) is 0 Å². The van der Waals surface area contributed by atoms with Gasteiger partial charge >= 0.3 is 0 Å². The maximum absolute atomic E-state index is 9.55. The second-order valence-electron chi connectivity index (χ2n) is 4.80. The Morgan fingerprint density at radius 1 is 0.944 bits per heavy atom. The number of ether oxygens (including phenoxy) is 1. The molecule has 102 valence electrons. The third kappa shape index (κ3) is 6.65. The Labute approximate surface area is 111 Å². The highest BCUT2D eigenvalue weighted by molar-refractivity contribution is 5.30. The van der Waals surface area contributed by atoms with Crippen molar-refractivity contribution in [2.45, 2.75) is 58.5 Å². The quantitative estimate of drug-likeness (QED) is 0.612. The van der Waals surface area contributed by atoms with Gasteiger partial charge in [0, 0.05) is 12.2 Å². The van der Waals surface area contributed by atoms with Crippen molar-refractivity contribution in [3.8, 4) is 5.75 Å². The highest BCUT2D eigenvalue weighted by atomic mass is 16.5. The van der Waals surface area contributed by atoms with Gasteiger partial charge in [-0.25, -0.2) is 0 Å². The lowest BCUT2D eigenvalue weighted by atomic mass is 10.1. The molecule has 1 aromatic carbocycles. The summed E-state index contributed by atoms with van der Waals surface area (Å²) in [5, 5.41) is 9.55. The molecule has 0 radical (unpaired) electrons. The fraction of sp³-hybridized carbons (Fsp3) is 0.625. The van der Waals surface area contributed by atoms with Crippen LogP contribution in [0.4, 0.5) is 0 Å². The van der Waals surface area contributed by atoms with Crippen LogP contribution in [0.3, 0.4) is 0 Å². The maximum Gasteiger partial charge on any atom is 0.121 e. The average molecular weight is 250 g/mol. The summed E-state index contributed by atoms with van der Waals surface area (Å²) in [6, 6.07) is 7.35. The zero-order valence-electron chi connectivity index (χ0n) is 11.5. The van der Waals surface area contributed by atoms with Crippen molar-refractivity contribution in [2.24, 2.45) is 0 Å². The van der Waals surface area contributed by atoms with Crippen LogP contribution in [0.2, 0.25) is 0 Å². The monoisotopic (exact) mass is 250 g/mol. The van der Waals surface area contributed by atoms with Gasteiger partial charge in [-0.05, 0) is 12.5 Å². The number of hydrogen-bond donors (Lipinski definition) is 1. The Kier molecular flexibility index (Phi) is 8.32. The molecule has 0 amide bonds. The van der Waals surface area contributed by atoms with Crippen LogP contribution in [0.5, 0.6) is 5.75 Å². The van der Waals surface area contributed by atoms with Crippen molar-refractivity contribution in [3.63, 3.8) is 0 Å². The molecule has 0 aliphatic carbocycles. The Morgan fingerprint density at radius 3 is 2.33 bits per heavy atom. The van der Waals surface area contributed by atoms with Crippen molar-refractivity contribution in [1.29, 1.82) is 0 Å². The summed E-state index contributed by atoms with van der Waals surface area (Å²) < 4.78 is 5.57. The Balaban J connectivity index is 1.94. The SMILES string of the molecule is CCCCCCCCCOCc1ccccc1O. The lowest BCUT2D eigenvalue weighted by Crippen LogP contribution is -1.96. The fourth-order valence-electron chi connectivity index (χ4n) is 1.98. The predicted octanol–water partition coefficient (Wildman–Crippen LogP) is 4.66. The van der Waals surface area contributed by atoms with E-state index in [4.69, 9.17) is 4.74 Å². The number of rotatable bonds is 10. The molecule has 0 saturated heterocycles. The lowest BCUT2D eigenvalue weighted by molar-refractivity contribution is 0.115. The van der Waals surface area contributed by atoms with E-state index in [9.17, 15) is 5.11 Å². The summed E-state index contributed by atoms with van der Waals surface area (Å²) in [5.74, 6) is 0.331. The van der Waals surface area contributed by atoms with E-state index in [1.165, 1.54) is 38.5 Å². The molecule has 0 aromatic heterocycles. The first kappa shape index (κ1) is 15.0. The normalized spacial score (nSPS) is 10.7. The third-order valence-electron chi connectivity index (χ3n) is 3.14. The van der Waals surface area contributed by atoms with Crippen LogP contribution in [0.15, 0.2) is 24.3 Å². The molecule has 18 heavy (non-hydrogen) atoms. The topological polar surface area (TPSA) is 29.5 Å². The van der Waals surface area contributed by atoms with Crippen LogP contribution in [0.1, 0.15) is 57.4 Å². The molecule has 1 aromatic rings. The van der Waals surface area contributed by atoms with E-state index in [1.807, 2.05) is 18.2 Å². The second-order valence-corrected chi connectivity index (χ2v) is 4.80. The number of phenols is 1. The molecule has 2 nitrogen and oxygen atoms in total. The largest absolute Gasteiger partial charge is 0.508 e. The van der Waals surface area contributed by atoms with Crippen molar-refractivity contribution in [2.75, 3.05) is 6.61 Å². The van der Waals surface area contributed by atoms with Crippen LogP contribution in [0, 0.1) is 0 Å². The van der Waals surface area contributed by atoms with E-state index >= 15 is 0 Å². The summed E-state index contributed by atoms with van der Waals surface area (Å²) in [6.45, 7) is 3.55. The minimum atomic E-state index is 0.331. The first-order chi connectivity index (χ1) is 8.84. The molecular formula is C16H26O2. The molecule has 0 spiro atoms. The van der Waals surface area contributed by atoms with E-state index in [-0.39, 0.29) is 0 Å². The van der Waals surface area contributed by atoms with Gasteiger partial charge in [0.25, 0.3) is 0 Å². The molecule has 1 rings (SSSR count). The van der Waals surface area contributed by atoms with Crippen molar-refractivity contribution in [3.05, 3.63) is 29.8 Å². The Morgan fingerprint density at radius 2 is 1.61 bits per heavy atom. The zero-order chi connectivity index (χ0) is 13.1. The van der Waals surface area contributed by atoms with Crippen LogP contribution >= 0.6 is 0 Å². The van der Waals surface area contributed by atoms with E-state index in [2.05, 4.69) is 6.92 Å². The lowest BCUT2D eigenvalue weighted by Gasteiger charge is -2.06. The van der Waals surface area contributed by atoms with Crippen LogP contribution in [0.25, 0.3) is 0 Å². The van der Waals surface area contributed by atoms with Crippen LogP contribution < -0.4 is 0 Å². The van der Waals surface area contributed by atoms with Gasteiger partial charge in [0.05, 0.1) is 6.61 Å². The highest BCUT2D eigenvalue weighted by Gasteiger charge is 1.99. The molecule has 0 unspecified atom stereocenters. The summed E-state index contributed by atoms with van der Waals surface area (Å²) >= 11 is 0. The molecule has 0 aliphatic rings. The van der Waals surface area contributed by atoms with Crippen LogP contribution in [-0.4, -0.2) is 11.7 Å². The molecule has 0 fully saturated rings. The summed E-state index contributed by atoms with van der Waals surface area (Å²) in [6.07, 6.45) is 9.10. The standard InChI is InChI=1S/C16H26O2/c1-2-3-4-5-6-7-10-13-18-14-15-11-8-9-12-16(15)17/h8-9,11-12,17H,2-7,10,13-14H2,1H3. The van der Waals surface area contributed by atoms with Gasteiger partial charge in [-0.3, -0.25) is 0 Å². The Bertz CT molecular complexity index is 310. The van der Waals surface area contributed by atoms with Gasteiger partial charge in [0.2, 0.25) is 0 Å². The molecular weight excluding hydrogens is 224 g/mol. The number of benzene rings is 1. The van der Waals surface area contributed by atoms with Gasteiger partial charge in [-0.2, -0.15) is 0 Å². The minimum Gasteiger partial charge on any atom is -0.508 e.